The summed E-state index contributed by atoms with van der Waals surface area (Å²) in [6, 6.07) is 16.6. The lowest BCUT2D eigenvalue weighted by Crippen LogP contribution is -2.29. The number of ether oxygens (including phenoxy) is 1. The van der Waals surface area contributed by atoms with Gasteiger partial charge in [0.2, 0.25) is 0 Å². The highest BCUT2D eigenvalue weighted by Gasteiger charge is 2.20. The van der Waals surface area contributed by atoms with Crippen LogP contribution in [0.25, 0.3) is 0 Å². The number of hydrogen-bond donors (Lipinski definition) is 2. The van der Waals surface area contributed by atoms with E-state index in [-0.39, 0.29) is 0 Å². The summed E-state index contributed by atoms with van der Waals surface area (Å²) in [6.45, 7) is 0.561. The Morgan fingerprint density at radius 3 is 2.73 bits per heavy atom. The van der Waals surface area contributed by atoms with E-state index in [4.69, 9.17) is 4.74 Å². The Labute approximate surface area is 131 Å². The molecule has 3 heteroatoms. The molecule has 0 radical (unpaired) electrons. The molecule has 0 fully saturated rings. The Morgan fingerprint density at radius 1 is 1.18 bits per heavy atom. The molecule has 0 heterocycles. The summed E-state index contributed by atoms with van der Waals surface area (Å²) in [5.41, 5.74) is 3.73. The van der Waals surface area contributed by atoms with Crippen LogP contribution in [-0.4, -0.2) is 18.8 Å². The van der Waals surface area contributed by atoms with Gasteiger partial charge in [0.05, 0.1) is 13.2 Å². The largest absolute Gasteiger partial charge is 0.497 e. The molecule has 2 aromatic rings. The lowest BCUT2D eigenvalue weighted by molar-refractivity contribution is 0.168. The molecule has 0 bridgehead atoms. The van der Waals surface area contributed by atoms with E-state index >= 15 is 0 Å². The molecular formula is C19H23NO2. The molecule has 3 nitrogen and oxygen atoms in total. The molecule has 0 aromatic heterocycles. The summed E-state index contributed by atoms with van der Waals surface area (Å²) in [7, 11) is 1.65. The van der Waals surface area contributed by atoms with Crippen molar-refractivity contribution in [3.63, 3.8) is 0 Å². The van der Waals surface area contributed by atoms with Crippen molar-refractivity contribution in [3.05, 3.63) is 65.2 Å². The van der Waals surface area contributed by atoms with Crippen molar-refractivity contribution >= 4 is 0 Å². The highest BCUT2D eigenvalue weighted by Crippen LogP contribution is 2.29. The quantitative estimate of drug-likeness (QED) is 0.889. The third-order valence-electron chi connectivity index (χ3n) is 4.43. The molecule has 2 atom stereocenters. The van der Waals surface area contributed by atoms with Gasteiger partial charge in [-0.15, -0.1) is 0 Å². The first-order valence-corrected chi connectivity index (χ1v) is 7.91. The maximum atomic E-state index is 10.4. The van der Waals surface area contributed by atoms with Crippen LogP contribution in [0.4, 0.5) is 0 Å². The Kier molecular flexibility index (Phi) is 4.76. The van der Waals surface area contributed by atoms with Crippen molar-refractivity contribution in [1.29, 1.82) is 0 Å². The van der Waals surface area contributed by atoms with Crippen LogP contribution in [0.5, 0.6) is 5.75 Å². The molecule has 0 aliphatic heterocycles. The second-order valence-corrected chi connectivity index (χ2v) is 5.84. The summed E-state index contributed by atoms with van der Waals surface area (Å²) in [5, 5.41) is 13.9. The van der Waals surface area contributed by atoms with Crippen molar-refractivity contribution in [2.75, 3.05) is 13.7 Å². The molecule has 1 aliphatic rings. The molecular weight excluding hydrogens is 274 g/mol. The van der Waals surface area contributed by atoms with Crippen LogP contribution in [0.2, 0.25) is 0 Å². The number of benzene rings is 2. The fourth-order valence-corrected chi connectivity index (χ4v) is 3.16. The molecule has 1 aliphatic carbocycles. The van der Waals surface area contributed by atoms with Crippen molar-refractivity contribution < 1.29 is 9.84 Å². The summed E-state index contributed by atoms with van der Waals surface area (Å²) in [5.74, 6) is 0.810. The smallest absolute Gasteiger partial charge is 0.118 e. The summed E-state index contributed by atoms with van der Waals surface area (Å²) in [6.07, 6.45) is 3.00. The molecule has 3 rings (SSSR count). The number of fused-ring (bicyclic) bond motifs is 1. The van der Waals surface area contributed by atoms with Gasteiger partial charge in [0.1, 0.15) is 5.75 Å². The number of methoxy groups -OCH3 is 1. The SMILES string of the molecule is COc1ccc(C(O)CNC2CCCc3ccccc32)cc1. The van der Waals surface area contributed by atoms with Crippen molar-refractivity contribution in [2.45, 2.75) is 31.4 Å². The molecule has 0 saturated heterocycles. The van der Waals surface area contributed by atoms with Gasteiger partial charge in [-0.1, -0.05) is 36.4 Å². The molecule has 0 amide bonds. The van der Waals surface area contributed by atoms with E-state index in [1.165, 1.54) is 17.5 Å². The van der Waals surface area contributed by atoms with Crippen LogP contribution in [0.1, 0.15) is 41.7 Å². The van der Waals surface area contributed by atoms with Gasteiger partial charge in [-0.2, -0.15) is 0 Å². The number of rotatable bonds is 5. The number of aliphatic hydroxyl groups excluding tert-OH is 1. The Hall–Kier alpha value is -1.84. The van der Waals surface area contributed by atoms with E-state index in [1.54, 1.807) is 7.11 Å². The van der Waals surface area contributed by atoms with E-state index in [2.05, 4.69) is 29.6 Å². The molecule has 2 aromatic carbocycles. The fraction of sp³-hybridized carbons (Fsp3) is 0.368. The lowest BCUT2D eigenvalue weighted by Gasteiger charge is -2.27. The summed E-state index contributed by atoms with van der Waals surface area (Å²) < 4.78 is 5.15. The minimum Gasteiger partial charge on any atom is -0.497 e. The van der Waals surface area contributed by atoms with Gasteiger partial charge in [-0.05, 0) is 48.1 Å². The molecule has 2 unspecified atom stereocenters. The van der Waals surface area contributed by atoms with Gasteiger partial charge in [0.25, 0.3) is 0 Å². The maximum Gasteiger partial charge on any atom is 0.118 e. The Morgan fingerprint density at radius 2 is 1.95 bits per heavy atom. The second-order valence-electron chi connectivity index (χ2n) is 5.84. The normalized spacial score (nSPS) is 18.5. The molecule has 0 spiro atoms. The van der Waals surface area contributed by atoms with Crippen LogP contribution in [-0.2, 0) is 6.42 Å². The molecule has 22 heavy (non-hydrogen) atoms. The zero-order valence-corrected chi connectivity index (χ0v) is 13.0. The first-order chi connectivity index (χ1) is 10.8. The average molecular weight is 297 g/mol. The Balaban J connectivity index is 1.62. The first kappa shape index (κ1) is 15.1. The second kappa shape index (κ2) is 6.95. The van der Waals surface area contributed by atoms with E-state index in [0.717, 1.165) is 24.2 Å². The van der Waals surface area contributed by atoms with E-state index in [1.807, 2.05) is 24.3 Å². The van der Waals surface area contributed by atoms with E-state index in [9.17, 15) is 5.11 Å². The van der Waals surface area contributed by atoms with Gasteiger partial charge in [-0.3, -0.25) is 0 Å². The molecule has 2 N–H and O–H groups in total. The van der Waals surface area contributed by atoms with Crippen LogP contribution < -0.4 is 10.1 Å². The highest BCUT2D eigenvalue weighted by atomic mass is 16.5. The third kappa shape index (κ3) is 3.32. The maximum absolute atomic E-state index is 10.4. The monoisotopic (exact) mass is 297 g/mol. The minimum absolute atomic E-state index is 0.345. The van der Waals surface area contributed by atoms with Gasteiger partial charge in [0.15, 0.2) is 0 Å². The molecule has 0 saturated carbocycles. The summed E-state index contributed by atoms with van der Waals surface area (Å²) in [4.78, 5) is 0. The van der Waals surface area contributed by atoms with Crippen LogP contribution in [0, 0.1) is 0 Å². The zero-order chi connectivity index (χ0) is 15.4. The van der Waals surface area contributed by atoms with Crippen molar-refractivity contribution in [1.82, 2.24) is 5.32 Å². The van der Waals surface area contributed by atoms with Gasteiger partial charge >= 0.3 is 0 Å². The number of aliphatic hydroxyl groups is 1. The summed E-state index contributed by atoms with van der Waals surface area (Å²) >= 11 is 0. The lowest BCUT2D eigenvalue weighted by atomic mass is 9.87. The topological polar surface area (TPSA) is 41.5 Å². The van der Waals surface area contributed by atoms with E-state index < -0.39 is 6.10 Å². The van der Waals surface area contributed by atoms with Gasteiger partial charge < -0.3 is 15.2 Å². The third-order valence-corrected chi connectivity index (χ3v) is 4.43. The van der Waals surface area contributed by atoms with Gasteiger partial charge in [0, 0.05) is 12.6 Å². The van der Waals surface area contributed by atoms with Crippen LogP contribution >= 0.6 is 0 Å². The first-order valence-electron chi connectivity index (χ1n) is 7.91. The number of nitrogens with one attached hydrogen (secondary N) is 1. The van der Waals surface area contributed by atoms with E-state index in [0.29, 0.717) is 12.6 Å². The van der Waals surface area contributed by atoms with Crippen molar-refractivity contribution in [3.8, 4) is 5.75 Å². The van der Waals surface area contributed by atoms with Crippen LogP contribution in [0.3, 0.4) is 0 Å². The fourth-order valence-electron chi connectivity index (χ4n) is 3.16. The zero-order valence-electron chi connectivity index (χ0n) is 13.0. The van der Waals surface area contributed by atoms with Crippen LogP contribution in [0.15, 0.2) is 48.5 Å². The number of aryl methyl sites for hydroxylation is 1. The average Bonchev–Trinajstić information content (AvgIpc) is 2.59. The molecule has 116 valence electrons. The van der Waals surface area contributed by atoms with Crippen molar-refractivity contribution in [2.24, 2.45) is 0 Å². The predicted octanol–water partition coefficient (Wildman–Crippen LogP) is 3.40. The highest BCUT2D eigenvalue weighted by molar-refractivity contribution is 5.32. The Bertz CT molecular complexity index is 609. The predicted molar refractivity (Wildman–Crippen MR) is 88.1 cm³/mol. The standard InChI is InChI=1S/C19H23NO2/c1-22-16-11-9-15(10-12-16)19(21)13-20-18-8-4-6-14-5-2-3-7-17(14)18/h2-3,5,7,9-12,18-21H,4,6,8,13H2,1H3. The number of hydrogen-bond acceptors (Lipinski definition) is 3. The minimum atomic E-state index is -0.500. The van der Waals surface area contributed by atoms with Gasteiger partial charge in [-0.25, -0.2) is 0 Å².